The summed E-state index contributed by atoms with van der Waals surface area (Å²) in [6.07, 6.45) is 3.34. The van der Waals surface area contributed by atoms with E-state index in [2.05, 4.69) is 56.8 Å². The Morgan fingerprint density at radius 1 is 1.25 bits per heavy atom. The molecule has 118 valence electrons. The van der Waals surface area contributed by atoms with Crippen LogP contribution < -0.4 is 5.32 Å². The summed E-state index contributed by atoms with van der Waals surface area (Å²) in [7, 11) is 2.16. The lowest BCUT2D eigenvalue weighted by molar-refractivity contribution is -0.130. The number of carbonyl (C=O) groups excluding carboxylic acids is 1. The van der Waals surface area contributed by atoms with Crippen molar-refractivity contribution in [3.8, 4) is 0 Å². The monoisotopic (exact) mass is 283 g/mol. The van der Waals surface area contributed by atoms with Crippen LogP contribution in [0.3, 0.4) is 0 Å². The number of nitrogens with zero attached hydrogens (tertiary/aromatic N) is 2. The van der Waals surface area contributed by atoms with Gasteiger partial charge in [-0.1, -0.05) is 20.8 Å². The van der Waals surface area contributed by atoms with Crippen molar-refractivity contribution in [1.82, 2.24) is 15.1 Å². The summed E-state index contributed by atoms with van der Waals surface area (Å²) in [6, 6.07) is 0.624. The molecule has 2 unspecified atom stereocenters. The normalized spacial score (nSPS) is 23.6. The van der Waals surface area contributed by atoms with Gasteiger partial charge >= 0.3 is 0 Å². The van der Waals surface area contributed by atoms with E-state index < -0.39 is 0 Å². The summed E-state index contributed by atoms with van der Waals surface area (Å²) < 4.78 is 0. The van der Waals surface area contributed by atoms with E-state index in [0.717, 1.165) is 32.4 Å². The zero-order chi connectivity index (χ0) is 15.3. The number of hydrogen-bond acceptors (Lipinski definition) is 3. The Morgan fingerprint density at radius 2 is 1.90 bits per heavy atom. The van der Waals surface area contributed by atoms with Crippen LogP contribution in [0.2, 0.25) is 0 Å². The summed E-state index contributed by atoms with van der Waals surface area (Å²) in [5, 5.41) is 3.47. The Hall–Kier alpha value is -0.610. The third-order valence-corrected chi connectivity index (χ3v) is 4.37. The molecule has 4 heteroatoms. The average molecular weight is 283 g/mol. The quantitative estimate of drug-likeness (QED) is 0.694. The molecule has 1 N–H and O–H groups in total. The van der Waals surface area contributed by atoms with E-state index in [4.69, 9.17) is 0 Å². The van der Waals surface area contributed by atoms with Crippen LogP contribution in [0.5, 0.6) is 0 Å². The summed E-state index contributed by atoms with van der Waals surface area (Å²) in [6.45, 7) is 12.9. The zero-order valence-corrected chi connectivity index (χ0v) is 14.1. The Balaban J connectivity index is 2.42. The molecule has 2 atom stereocenters. The maximum atomic E-state index is 12.3. The molecule has 20 heavy (non-hydrogen) atoms. The Morgan fingerprint density at radius 3 is 2.40 bits per heavy atom. The largest absolute Gasteiger partial charge is 0.326 e. The van der Waals surface area contributed by atoms with Gasteiger partial charge in [0.05, 0.1) is 12.2 Å². The van der Waals surface area contributed by atoms with Crippen molar-refractivity contribution in [2.24, 2.45) is 5.92 Å². The van der Waals surface area contributed by atoms with Gasteiger partial charge in [-0.05, 0) is 52.6 Å². The van der Waals surface area contributed by atoms with E-state index >= 15 is 0 Å². The summed E-state index contributed by atoms with van der Waals surface area (Å²) in [5.41, 5.74) is 0. The van der Waals surface area contributed by atoms with Crippen molar-refractivity contribution < 1.29 is 4.79 Å². The van der Waals surface area contributed by atoms with Crippen LogP contribution in [0.1, 0.15) is 53.9 Å². The highest BCUT2D eigenvalue weighted by Crippen LogP contribution is 2.19. The lowest BCUT2D eigenvalue weighted by Gasteiger charge is -2.28. The molecule has 1 heterocycles. The highest BCUT2D eigenvalue weighted by Gasteiger charge is 2.38. The van der Waals surface area contributed by atoms with E-state index in [1.807, 2.05) is 0 Å². The number of rotatable bonds is 8. The first-order chi connectivity index (χ1) is 9.38. The minimum atomic E-state index is 0.0285. The Bertz CT molecular complexity index is 304. The molecular weight excluding hydrogens is 250 g/mol. The molecule has 4 nitrogen and oxygen atoms in total. The van der Waals surface area contributed by atoms with Gasteiger partial charge < -0.3 is 9.80 Å². The van der Waals surface area contributed by atoms with Gasteiger partial charge in [-0.2, -0.15) is 0 Å². The van der Waals surface area contributed by atoms with Gasteiger partial charge in [0.25, 0.3) is 0 Å². The molecule has 0 aliphatic carbocycles. The molecule has 0 saturated carbocycles. The SMILES string of the molecule is CCC1NC(C(C)C)N(CCCCN(C)C(C)C)C1=O. The standard InChI is InChI=1S/C16H33N3O/c1-7-14-16(20)19(15(17-14)12(2)3)11-9-8-10-18(6)13(4)5/h12-15,17H,7-11H2,1-6H3. The topological polar surface area (TPSA) is 35.6 Å². The first kappa shape index (κ1) is 17.4. The molecule has 0 spiro atoms. The minimum absolute atomic E-state index is 0.0285. The maximum absolute atomic E-state index is 12.3. The minimum Gasteiger partial charge on any atom is -0.326 e. The zero-order valence-electron chi connectivity index (χ0n) is 14.1. The van der Waals surface area contributed by atoms with Crippen LogP contribution in [0.4, 0.5) is 0 Å². The fraction of sp³-hybridized carbons (Fsp3) is 0.938. The highest BCUT2D eigenvalue weighted by atomic mass is 16.2. The number of hydrogen-bond donors (Lipinski definition) is 1. The van der Waals surface area contributed by atoms with Crippen molar-refractivity contribution in [1.29, 1.82) is 0 Å². The molecule has 0 aromatic carbocycles. The molecule has 0 aromatic heterocycles. The van der Waals surface area contributed by atoms with Gasteiger partial charge in [-0.3, -0.25) is 10.1 Å². The van der Waals surface area contributed by atoms with E-state index in [1.165, 1.54) is 0 Å². The molecule has 1 rings (SSSR count). The second-order valence-electron chi connectivity index (χ2n) is 6.63. The van der Waals surface area contributed by atoms with Gasteiger partial charge in [0.1, 0.15) is 0 Å². The van der Waals surface area contributed by atoms with Gasteiger partial charge in [0, 0.05) is 12.6 Å². The highest BCUT2D eigenvalue weighted by molar-refractivity contribution is 5.84. The fourth-order valence-electron chi connectivity index (χ4n) is 2.70. The smallest absolute Gasteiger partial charge is 0.241 e. The van der Waals surface area contributed by atoms with Crippen molar-refractivity contribution in [3.05, 3.63) is 0 Å². The van der Waals surface area contributed by atoms with E-state index in [-0.39, 0.29) is 12.2 Å². The summed E-state index contributed by atoms with van der Waals surface area (Å²) in [4.78, 5) is 16.8. The lowest BCUT2D eigenvalue weighted by atomic mass is 10.1. The first-order valence-electron chi connectivity index (χ1n) is 8.15. The van der Waals surface area contributed by atoms with Crippen LogP contribution >= 0.6 is 0 Å². The van der Waals surface area contributed by atoms with Crippen LogP contribution in [0, 0.1) is 5.92 Å². The number of carbonyl (C=O) groups is 1. The number of amides is 1. The second-order valence-corrected chi connectivity index (χ2v) is 6.63. The molecule has 1 saturated heterocycles. The Kier molecular flexibility index (Phi) is 6.96. The van der Waals surface area contributed by atoms with Gasteiger partial charge in [-0.15, -0.1) is 0 Å². The van der Waals surface area contributed by atoms with E-state index in [0.29, 0.717) is 17.9 Å². The van der Waals surface area contributed by atoms with Crippen LogP contribution in [-0.4, -0.2) is 54.1 Å². The molecule has 0 aromatic rings. The molecule has 0 radical (unpaired) electrons. The predicted octanol–water partition coefficient (Wildman–Crippen LogP) is 2.30. The predicted molar refractivity (Wildman–Crippen MR) is 84.6 cm³/mol. The van der Waals surface area contributed by atoms with Crippen LogP contribution in [0.25, 0.3) is 0 Å². The van der Waals surface area contributed by atoms with Crippen molar-refractivity contribution in [3.63, 3.8) is 0 Å². The fourth-order valence-corrected chi connectivity index (χ4v) is 2.70. The molecule has 0 bridgehead atoms. The van der Waals surface area contributed by atoms with Crippen molar-refractivity contribution in [2.45, 2.75) is 72.1 Å². The maximum Gasteiger partial charge on any atom is 0.241 e. The van der Waals surface area contributed by atoms with Crippen LogP contribution in [-0.2, 0) is 4.79 Å². The average Bonchev–Trinajstić information content (AvgIpc) is 2.71. The van der Waals surface area contributed by atoms with Crippen molar-refractivity contribution >= 4 is 5.91 Å². The number of nitrogens with one attached hydrogen (secondary N) is 1. The molecular formula is C16H33N3O. The first-order valence-corrected chi connectivity index (χ1v) is 8.15. The molecule has 1 fully saturated rings. The lowest BCUT2D eigenvalue weighted by Crippen LogP contribution is -2.42. The third-order valence-electron chi connectivity index (χ3n) is 4.37. The second kappa shape index (κ2) is 7.99. The molecule has 1 aliphatic heterocycles. The van der Waals surface area contributed by atoms with Crippen LogP contribution in [0.15, 0.2) is 0 Å². The van der Waals surface area contributed by atoms with E-state index in [1.54, 1.807) is 0 Å². The van der Waals surface area contributed by atoms with Gasteiger partial charge in [-0.25, -0.2) is 0 Å². The molecule has 1 aliphatic rings. The third kappa shape index (κ3) is 4.45. The van der Waals surface area contributed by atoms with E-state index in [9.17, 15) is 4.79 Å². The summed E-state index contributed by atoms with van der Waals surface area (Å²) in [5.74, 6) is 0.761. The van der Waals surface area contributed by atoms with Crippen molar-refractivity contribution in [2.75, 3.05) is 20.1 Å². The Labute approximate surface area is 124 Å². The van der Waals surface area contributed by atoms with Gasteiger partial charge in [0.2, 0.25) is 5.91 Å². The van der Waals surface area contributed by atoms with Gasteiger partial charge in [0.15, 0.2) is 0 Å². The number of unbranched alkanes of at least 4 members (excludes halogenated alkanes) is 1. The summed E-state index contributed by atoms with van der Waals surface area (Å²) >= 11 is 0. The molecule has 1 amide bonds.